The minimum atomic E-state index is -1.75. The summed E-state index contributed by atoms with van der Waals surface area (Å²) in [7, 11) is 1.69. The maximum Gasteiger partial charge on any atom is 0.375 e. The molecule has 5 heterocycles. The highest BCUT2D eigenvalue weighted by Gasteiger charge is 2.80. The fourth-order valence-corrected chi connectivity index (χ4v) is 15.8. The minimum Gasteiger partial charge on any atom is -0.492 e. The maximum absolute atomic E-state index is 14.8. The van der Waals surface area contributed by atoms with Crippen molar-refractivity contribution in [2.45, 2.75) is 94.5 Å². The summed E-state index contributed by atoms with van der Waals surface area (Å²) in [5, 5.41) is 73.1. The number of aromatic amines is 1. The predicted molar refractivity (Wildman–Crippen MR) is 273 cm³/mol. The third kappa shape index (κ3) is 7.19. The smallest absolute Gasteiger partial charge is 0.375 e. The number of aldehydes is 1. The quantitative estimate of drug-likeness (QED) is 0.0597. The molecule has 0 amide bonds. The van der Waals surface area contributed by atoms with E-state index in [0.29, 0.717) is 74.8 Å². The molecular formula is C59H68N2O14. The van der Waals surface area contributed by atoms with E-state index in [-0.39, 0.29) is 96.9 Å². The number of fused-ring (bicyclic) bond motifs is 7. The van der Waals surface area contributed by atoms with E-state index in [4.69, 9.17) is 23.7 Å². The van der Waals surface area contributed by atoms with Gasteiger partial charge in [0.2, 0.25) is 5.76 Å². The number of aryl methyl sites for hydroxylation is 1. The first-order chi connectivity index (χ1) is 36.4. The van der Waals surface area contributed by atoms with Gasteiger partial charge in [0, 0.05) is 103 Å². The topological polar surface area (TPSA) is 238 Å². The number of nitrogens with one attached hydrogen (secondary N) is 1. The number of hydrogen-bond donors (Lipinski definition) is 7. The molecule has 0 unspecified atom stereocenters. The van der Waals surface area contributed by atoms with Gasteiger partial charge in [-0.15, -0.1) is 0 Å². The number of ketones is 1. The lowest BCUT2D eigenvalue weighted by atomic mass is 9.34. The number of benzene rings is 2. The minimum absolute atomic E-state index is 0.000685. The highest BCUT2D eigenvalue weighted by atomic mass is 16.6. The summed E-state index contributed by atoms with van der Waals surface area (Å²) in [6.07, 6.45) is 14.9. The zero-order chi connectivity index (χ0) is 52.2. The van der Waals surface area contributed by atoms with Gasteiger partial charge >= 0.3 is 5.97 Å². The van der Waals surface area contributed by atoms with Gasteiger partial charge in [0.25, 0.3) is 0 Å². The Morgan fingerprint density at radius 1 is 1.03 bits per heavy atom. The second-order valence-corrected chi connectivity index (χ2v) is 22.7. The van der Waals surface area contributed by atoms with Gasteiger partial charge in [0.1, 0.15) is 28.6 Å². The summed E-state index contributed by atoms with van der Waals surface area (Å²) in [6, 6.07) is 5.96. The van der Waals surface area contributed by atoms with E-state index < -0.39 is 82.7 Å². The number of aliphatic hydroxyl groups excluding tert-OH is 5. The normalized spacial score (nSPS) is 35.3. The lowest BCUT2D eigenvalue weighted by Gasteiger charge is -2.73. The third-order valence-electron chi connectivity index (χ3n) is 19.3. The lowest BCUT2D eigenvalue weighted by Crippen LogP contribution is -2.80. The first-order valence-electron chi connectivity index (χ1n) is 27.0. The Kier molecular flexibility index (Phi) is 12.7. The molecule has 5 aliphatic carbocycles. The largest absolute Gasteiger partial charge is 0.492 e. The van der Waals surface area contributed by atoms with Gasteiger partial charge < -0.3 is 64.2 Å². The maximum atomic E-state index is 14.8. The lowest BCUT2D eigenvalue weighted by molar-refractivity contribution is -0.286. The summed E-state index contributed by atoms with van der Waals surface area (Å²) in [4.78, 5) is 48.5. The molecule has 4 aliphatic heterocycles. The standard InChI is InChI=1S/C59H68N2O14/c1-3-72-55(69)53-43(29-65)47-35-19-36(27-63)49(68)40(21-35)39-20-34-9-15-60-45(34)22-33(39)6-5-32(26-62)31-73-51-42-24-58(75-50(42)44(30-66)52(74-53)48(47)51)13-11-56-10-12-57-14-17-61(16-4-18-71-2)25-38(57)23-41(54(56)59(57,58)70)46(67)8-7-37(56)28-64/h7-9,11,13,15,20,22-23,29,32,36-38,40,46,54,60,62-64,66-67,70H,3-6,10,12,14,16-19,21,24-28,30-31H2,1-2H3/b47-35-/t32-,36-,37-,38+,40+,46+,54+,56+,57-,58+,59-/m1/s1. The molecule has 75 heavy (non-hydrogen) atoms. The van der Waals surface area contributed by atoms with E-state index in [1.54, 1.807) is 20.1 Å². The summed E-state index contributed by atoms with van der Waals surface area (Å²) in [6.45, 7) is 2.60. The number of allylic oxidation sites excluding steroid dienone is 4. The number of nitrogens with zero attached hydrogens (tertiary/aromatic N) is 1. The van der Waals surface area contributed by atoms with Crippen LogP contribution in [0.3, 0.4) is 0 Å². The number of methoxy groups -OCH3 is 1. The number of aliphatic hydroxyl groups is 6. The molecule has 0 radical (unpaired) electrons. The number of piperidine rings is 1. The van der Waals surface area contributed by atoms with Gasteiger partial charge in [-0.05, 0) is 117 Å². The zero-order valence-corrected chi connectivity index (χ0v) is 42.6. The first kappa shape index (κ1) is 50.4. The number of likely N-dealkylation sites (tertiary alicyclic amines) is 1. The van der Waals surface area contributed by atoms with Crippen LogP contribution in [0.2, 0.25) is 0 Å². The molecule has 16 heteroatoms. The Labute approximate surface area is 435 Å². The van der Waals surface area contributed by atoms with Crippen LogP contribution in [0.15, 0.2) is 77.3 Å². The fourth-order valence-electron chi connectivity index (χ4n) is 15.8. The predicted octanol–water partition coefficient (Wildman–Crippen LogP) is 4.71. The monoisotopic (exact) mass is 1030 g/mol. The SMILES string of the molecule is CCOC(=O)C1=C(C=O)/C2=C3\C[C@H](CO)C(=O)[C@@H](C3)c3cc4cc[nH]c4cc3CC[C@H](CO)COc3c4c(c(CO)c(c32)O1)O[C@@]1(C=C[C@@]23CC[C@@]56CCN(CCCOC)C[C@@H]5C=C([C@@H](O)C=C[C@@H]2CO)[C@@H]3[C@@]61O)C4. The summed E-state index contributed by atoms with van der Waals surface area (Å²) in [5.74, 6) is -4.69. The number of hydrogen-bond acceptors (Lipinski definition) is 15. The van der Waals surface area contributed by atoms with E-state index in [0.717, 1.165) is 35.0 Å². The second-order valence-electron chi connectivity index (χ2n) is 22.7. The molecule has 1 saturated heterocycles. The molecule has 398 valence electrons. The summed E-state index contributed by atoms with van der Waals surface area (Å²) < 4.78 is 32.3. The number of ether oxygens (including phenoxy) is 5. The molecule has 16 nitrogen and oxygen atoms in total. The molecular weight excluding hydrogens is 961 g/mol. The van der Waals surface area contributed by atoms with Gasteiger partial charge in [-0.2, -0.15) is 0 Å². The van der Waals surface area contributed by atoms with E-state index in [1.807, 2.05) is 36.5 Å². The van der Waals surface area contributed by atoms with Crippen molar-refractivity contribution in [3.8, 4) is 17.2 Å². The van der Waals surface area contributed by atoms with E-state index >= 15 is 0 Å². The van der Waals surface area contributed by atoms with Crippen molar-refractivity contribution in [3.05, 3.63) is 105 Å². The van der Waals surface area contributed by atoms with Crippen LogP contribution in [0.25, 0.3) is 16.5 Å². The number of Topliss-reactive ketones (excluding diaryl/α,β-unsaturated/α-hetero) is 1. The van der Waals surface area contributed by atoms with Gasteiger partial charge in [0.05, 0.1) is 55.8 Å². The molecule has 12 rings (SSSR count). The van der Waals surface area contributed by atoms with Crippen molar-refractivity contribution in [1.82, 2.24) is 9.88 Å². The van der Waals surface area contributed by atoms with Crippen molar-refractivity contribution in [2.24, 2.45) is 40.4 Å². The van der Waals surface area contributed by atoms with Crippen LogP contribution in [0.4, 0.5) is 0 Å². The Morgan fingerprint density at radius 2 is 1.88 bits per heavy atom. The number of carbonyl (C=O) groups excluding carboxylic acids is 3. The van der Waals surface area contributed by atoms with Crippen molar-refractivity contribution in [1.29, 1.82) is 0 Å². The van der Waals surface area contributed by atoms with Crippen molar-refractivity contribution < 1.29 is 68.7 Å². The molecule has 9 aliphatic rings. The molecule has 2 saturated carbocycles. The number of H-pyrrole nitrogens is 1. The average Bonchev–Trinajstić information content (AvgIpc) is 4.26. The zero-order valence-electron chi connectivity index (χ0n) is 42.6. The van der Waals surface area contributed by atoms with Crippen molar-refractivity contribution >= 4 is 34.5 Å². The van der Waals surface area contributed by atoms with Crippen LogP contribution in [-0.4, -0.2) is 142 Å². The molecule has 3 aromatic rings. The number of rotatable bonds is 11. The van der Waals surface area contributed by atoms with Gasteiger partial charge in [-0.3, -0.25) is 9.59 Å². The van der Waals surface area contributed by atoms with Crippen LogP contribution in [0, 0.1) is 40.4 Å². The number of carbonyl (C=O) groups is 3. The van der Waals surface area contributed by atoms with E-state index in [9.17, 15) is 45.0 Å². The molecule has 3 fully saturated rings. The second kappa shape index (κ2) is 18.9. The molecule has 6 bridgehead atoms. The van der Waals surface area contributed by atoms with Gasteiger partial charge in [-0.25, -0.2) is 4.79 Å². The molecule has 2 spiro atoms. The summed E-state index contributed by atoms with van der Waals surface area (Å²) in [5.41, 5.74) is -0.203. The molecule has 2 aromatic carbocycles. The molecule has 11 atom stereocenters. The number of aromatic nitrogens is 1. The Morgan fingerprint density at radius 3 is 2.64 bits per heavy atom. The Bertz CT molecular complexity index is 3020. The van der Waals surface area contributed by atoms with Crippen LogP contribution in [0.5, 0.6) is 17.2 Å². The van der Waals surface area contributed by atoms with E-state index in [2.05, 4.69) is 22.0 Å². The van der Waals surface area contributed by atoms with Crippen LogP contribution in [-0.2, 0) is 43.3 Å². The van der Waals surface area contributed by atoms with E-state index in [1.165, 1.54) is 0 Å². The van der Waals surface area contributed by atoms with Crippen molar-refractivity contribution in [3.63, 3.8) is 0 Å². The molecule has 1 aromatic heterocycles. The van der Waals surface area contributed by atoms with Gasteiger partial charge in [0.15, 0.2) is 11.9 Å². The molecule has 7 N–H and O–H groups in total. The third-order valence-corrected chi connectivity index (χ3v) is 19.3. The number of esters is 1. The first-order valence-corrected chi connectivity index (χ1v) is 27.0. The van der Waals surface area contributed by atoms with Gasteiger partial charge in [-0.1, -0.05) is 29.9 Å². The average molecular weight is 1030 g/mol. The summed E-state index contributed by atoms with van der Waals surface area (Å²) >= 11 is 0. The van der Waals surface area contributed by atoms with Crippen LogP contribution >= 0.6 is 0 Å². The van der Waals surface area contributed by atoms with Crippen LogP contribution < -0.4 is 14.2 Å². The highest BCUT2D eigenvalue weighted by Crippen LogP contribution is 2.75. The fraction of sp³-hybridized carbons (Fsp3) is 0.542. The van der Waals surface area contributed by atoms with Crippen molar-refractivity contribution in [2.75, 3.05) is 66.4 Å². The Balaban J connectivity index is 1.10. The Hall–Kier alpha value is -5.43. The highest BCUT2D eigenvalue weighted by molar-refractivity contribution is 6.11. The van der Waals surface area contributed by atoms with Crippen LogP contribution in [0.1, 0.15) is 85.6 Å².